The molecule has 0 aliphatic rings. The van der Waals surface area contributed by atoms with E-state index >= 15 is 0 Å². The normalized spacial score (nSPS) is 10.2. The molecule has 0 radical (unpaired) electrons. The van der Waals surface area contributed by atoms with E-state index in [1.807, 2.05) is 0 Å². The number of nitrogens with one attached hydrogen (secondary N) is 1. The predicted octanol–water partition coefficient (Wildman–Crippen LogP) is 3.43. The van der Waals surface area contributed by atoms with Crippen LogP contribution in [0.15, 0.2) is 36.7 Å². The molecule has 1 N–H and O–H groups in total. The highest BCUT2D eigenvalue weighted by Gasteiger charge is 2.10. The van der Waals surface area contributed by atoms with Crippen molar-refractivity contribution in [3.05, 3.63) is 58.6 Å². The van der Waals surface area contributed by atoms with Gasteiger partial charge in [0.2, 0.25) is 0 Å². The molecular formula is C13H10ClFN2O. The van der Waals surface area contributed by atoms with E-state index in [2.05, 4.69) is 10.3 Å². The quantitative estimate of drug-likeness (QED) is 0.903. The SMILES string of the molecule is Cc1ccc(NC(=O)c2ccncc2Cl)cc1F. The number of hydrogen-bond acceptors (Lipinski definition) is 2. The van der Waals surface area contributed by atoms with Crippen molar-refractivity contribution in [3.8, 4) is 0 Å². The van der Waals surface area contributed by atoms with Crippen molar-refractivity contribution < 1.29 is 9.18 Å². The molecule has 2 rings (SSSR count). The lowest BCUT2D eigenvalue weighted by atomic mass is 10.2. The van der Waals surface area contributed by atoms with Gasteiger partial charge in [-0.05, 0) is 30.7 Å². The van der Waals surface area contributed by atoms with Gasteiger partial charge in [-0.2, -0.15) is 0 Å². The van der Waals surface area contributed by atoms with Gasteiger partial charge in [0, 0.05) is 18.1 Å². The maximum absolute atomic E-state index is 13.3. The van der Waals surface area contributed by atoms with E-state index in [0.29, 0.717) is 16.8 Å². The highest BCUT2D eigenvalue weighted by molar-refractivity contribution is 6.34. The molecule has 2 aromatic rings. The zero-order valence-corrected chi connectivity index (χ0v) is 10.3. The first-order valence-electron chi connectivity index (χ1n) is 5.25. The summed E-state index contributed by atoms with van der Waals surface area (Å²) in [6.45, 7) is 1.65. The van der Waals surface area contributed by atoms with E-state index in [0.717, 1.165) is 0 Å². The molecule has 0 spiro atoms. The molecule has 3 nitrogen and oxygen atoms in total. The van der Waals surface area contributed by atoms with Crippen molar-refractivity contribution in [3.63, 3.8) is 0 Å². The zero-order valence-electron chi connectivity index (χ0n) is 9.58. The molecule has 1 aromatic carbocycles. The highest BCUT2D eigenvalue weighted by atomic mass is 35.5. The van der Waals surface area contributed by atoms with Crippen LogP contribution < -0.4 is 5.32 Å². The summed E-state index contributed by atoms with van der Waals surface area (Å²) in [5, 5.41) is 2.83. The number of benzene rings is 1. The van der Waals surface area contributed by atoms with Crippen molar-refractivity contribution in [2.24, 2.45) is 0 Å². The van der Waals surface area contributed by atoms with Crippen molar-refractivity contribution in [2.75, 3.05) is 5.32 Å². The van der Waals surface area contributed by atoms with Crippen molar-refractivity contribution in [1.29, 1.82) is 0 Å². The van der Waals surface area contributed by atoms with E-state index in [4.69, 9.17) is 11.6 Å². The smallest absolute Gasteiger partial charge is 0.257 e. The third-order valence-corrected chi connectivity index (χ3v) is 2.75. The van der Waals surface area contributed by atoms with Gasteiger partial charge in [-0.1, -0.05) is 17.7 Å². The molecule has 0 aliphatic heterocycles. The fourth-order valence-electron chi connectivity index (χ4n) is 1.43. The van der Waals surface area contributed by atoms with Crippen LogP contribution >= 0.6 is 11.6 Å². The monoisotopic (exact) mass is 264 g/mol. The molecule has 1 aromatic heterocycles. The Morgan fingerprint density at radius 2 is 2.17 bits per heavy atom. The number of amides is 1. The topological polar surface area (TPSA) is 42.0 Å². The van der Waals surface area contributed by atoms with Crippen LogP contribution in [0.3, 0.4) is 0 Å². The molecule has 0 atom stereocenters. The van der Waals surface area contributed by atoms with Crippen LogP contribution in [0.1, 0.15) is 15.9 Å². The second-order valence-corrected chi connectivity index (χ2v) is 4.18. The fourth-order valence-corrected chi connectivity index (χ4v) is 1.63. The Kier molecular flexibility index (Phi) is 3.58. The molecule has 0 aliphatic carbocycles. The Morgan fingerprint density at radius 1 is 1.39 bits per heavy atom. The van der Waals surface area contributed by atoms with E-state index in [-0.39, 0.29) is 10.8 Å². The van der Waals surface area contributed by atoms with Crippen molar-refractivity contribution >= 4 is 23.2 Å². The first-order chi connectivity index (χ1) is 8.58. The van der Waals surface area contributed by atoms with E-state index in [1.54, 1.807) is 19.1 Å². The number of pyridine rings is 1. The average molecular weight is 265 g/mol. The van der Waals surface area contributed by atoms with Gasteiger partial charge >= 0.3 is 0 Å². The van der Waals surface area contributed by atoms with E-state index in [1.165, 1.54) is 24.5 Å². The third kappa shape index (κ3) is 2.65. The first kappa shape index (κ1) is 12.5. The van der Waals surface area contributed by atoms with Crippen LogP contribution in [-0.4, -0.2) is 10.9 Å². The van der Waals surface area contributed by atoms with Gasteiger partial charge in [0.15, 0.2) is 0 Å². The van der Waals surface area contributed by atoms with Crippen LogP contribution in [0.2, 0.25) is 5.02 Å². The Bertz CT molecular complexity index is 601. The van der Waals surface area contributed by atoms with Crippen molar-refractivity contribution in [1.82, 2.24) is 4.98 Å². The number of aromatic nitrogens is 1. The summed E-state index contributed by atoms with van der Waals surface area (Å²) in [5.74, 6) is -0.765. The Labute approximate surface area is 109 Å². The molecular weight excluding hydrogens is 255 g/mol. The van der Waals surface area contributed by atoms with Crippen LogP contribution in [0, 0.1) is 12.7 Å². The maximum Gasteiger partial charge on any atom is 0.257 e. The molecule has 18 heavy (non-hydrogen) atoms. The van der Waals surface area contributed by atoms with Crippen LogP contribution in [-0.2, 0) is 0 Å². The minimum atomic E-state index is -0.398. The average Bonchev–Trinajstić information content (AvgIpc) is 2.34. The number of anilines is 1. The summed E-state index contributed by atoms with van der Waals surface area (Å²) in [6, 6.07) is 6.00. The summed E-state index contributed by atoms with van der Waals surface area (Å²) in [5.41, 5.74) is 1.21. The Morgan fingerprint density at radius 3 is 2.83 bits per heavy atom. The lowest BCUT2D eigenvalue weighted by molar-refractivity contribution is 0.102. The van der Waals surface area contributed by atoms with Gasteiger partial charge in [0.25, 0.3) is 5.91 Å². The number of hydrogen-bond donors (Lipinski definition) is 1. The van der Waals surface area contributed by atoms with E-state index in [9.17, 15) is 9.18 Å². The van der Waals surface area contributed by atoms with Crippen LogP contribution in [0.4, 0.5) is 10.1 Å². The predicted molar refractivity (Wildman–Crippen MR) is 68.3 cm³/mol. The molecule has 0 fully saturated rings. The van der Waals surface area contributed by atoms with Gasteiger partial charge in [-0.3, -0.25) is 9.78 Å². The summed E-state index contributed by atoms with van der Waals surface area (Å²) in [6.07, 6.45) is 2.85. The molecule has 0 saturated carbocycles. The van der Waals surface area contributed by atoms with E-state index < -0.39 is 5.91 Å². The lowest BCUT2D eigenvalue weighted by Crippen LogP contribution is -2.12. The number of carbonyl (C=O) groups is 1. The summed E-state index contributed by atoms with van der Waals surface area (Å²) in [7, 11) is 0. The second-order valence-electron chi connectivity index (χ2n) is 3.77. The van der Waals surface area contributed by atoms with Gasteiger partial charge in [-0.15, -0.1) is 0 Å². The largest absolute Gasteiger partial charge is 0.322 e. The third-order valence-electron chi connectivity index (χ3n) is 2.45. The second kappa shape index (κ2) is 5.14. The molecule has 5 heteroatoms. The van der Waals surface area contributed by atoms with Gasteiger partial charge in [0.1, 0.15) is 5.82 Å². The first-order valence-corrected chi connectivity index (χ1v) is 5.63. The molecule has 92 valence electrons. The summed E-state index contributed by atoms with van der Waals surface area (Å²) >= 11 is 5.84. The fraction of sp³-hybridized carbons (Fsp3) is 0.0769. The summed E-state index contributed by atoms with van der Waals surface area (Å²) < 4.78 is 13.3. The molecule has 0 bridgehead atoms. The zero-order chi connectivity index (χ0) is 13.1. The number of aryl methyl sites for hydroxylation is 1. The van der Waals surface area contributed by atoms with Gasteiger partial charge in [0.05, 0.1) is 10.6 Å². The highest BCUT2D eigenvalue weighted by Crippen LogP contribution is 2.17. The molecule has 1 heterocycles. The van der Waals surface area contributed by atoms with Crippen LogP contribution in [0.5, 0.6) is 0 Å². The minimum Gasteiger partial charge on any atom is -0.322 e. The van der Waals surface area contributed by atoms with Crippen LogP contribution in [0.25, 0.3) is 0 Å². The Hall–Kier alpha value is -1.94. The number of halogens is 2. The number of nitrogens with zero attached hydrogens (tertiary/aromatic N) is 1. The molecule has 0 unspecified atom stereocenters. The van der Waals surface area contributed by atoms with Crippen molar-refractivity contribution in [2.45, 2.75) is 6.92 Å². The Balaban J connectivity index is 2.22. The standard InChI is InChI=1S/C13H10ClFN2O/c1-8-2-3-9(6-12(8)15)17-13(18)10-4-5-16-7-11(10)14/h2-7H,1H3,(H,17,18). The maximum atomic E-state index is 13.3. The van der Waals surface area contributed by atoms with Gasteiger partial charge < -0.3 is 5.32 Å². The molecule has 0 saturated heterocycles. The molecule has 1 amide bonds. The number of carbonyl (C=O) groups excluding carboxylic acids is 1. The summed E-state index contributed by atoms with van der Waals surface area (Å²) in [4.78, 5) is 15.7. The minimum absolute atomic E-state index is 0.252. The van der Waals surface area contributed by atoms with Gasteiger partial charge in [-0.25, -0.2) is 4.39 Å². The number of rotatable bonds is 2. The lowest BCUT2D eigenvalue weighted by Gasteiger charge is -2.07.